The minimum atomic E-state index is -1.02. The van der Waals surface area contributed by atoms with E-state index in [0.717, 1.165) is 0 Å². The van der Waals surface area contributed by atoms with E-state index in [0.29, 0.717) is 32.7 Å². The van der Waals surface area contributed by atoms with Gasteiger partial charge in [0.15, 0.2) is 11.5 Å². The number of halogens is 2. The number of ether oxygens (including phenoxy) is 2. The molecule has 23 heavy (non-hydrogen) atoms. The van der Waals surface area contributed by atoms with Gasteiger partial charge < -0.3 is 9.47 Å². The molecule has 1 aliphatic rings. The van der Waals surface area contributed by atoms with Gasteiger partial charge in [-0.2, -0.15) is 0 Å². The SMILES string of the molecule is COc1cccc2c1OC(c1c(Cl)cccc1Cl)C([N+](=O)[O-])=C2. The number of hydrogen-bond donors (Lipinski definition) is 0. The number of benzene rings is 2. The highest BCUT2D eigenvalue weighted by molar-refractivity contribution is 6.36. The molecule has 0 spiro atoms. The van der Waals surface area contributed by atoms with E-state index in [4.69, 9.17) is 32.7 Å². The van der Waals surface area contributed by atoms with Crippen molar-refractivity contribution in [2.75, 3.05) is 7.11 Å². The van der Waals surface area contributed by atoms with Gasteiger partial charge in [-0.15, -0.1) is 0 Å². The Labute approximate surface area is 142 Å². The maximum atomic E-state index is 11.5. The number of methoxy groups -OCH3 is 1. The van der Waals surface area contributed by atoms with Crippen LogP contribution in [0, 0.1) is 10.1 Å². The first kappa shape index (κ1) is 15.6. The minimum Gasteiger partial charge on any atom is -0.493 e. The molecule has 1 unspecified atom stereocenters. The van der Waals surface area contributed by atoms with E-state index in [1.165, 1.54) is 13.2 Å². The fraction of sp³-hybridized carbons (Fsp3) is 0.125. The molecule has 5 nitrogen and oxygen atoms in total. The molecule has 7 heteroatoms. The van der Waals surface area contributed by atoms with Gasteiger partial charge in [0.05, 0.1) is 12.0 Å². The van der Waals surface area contributed by atoms with Crippen molar-refractivity contribution in [3.8, 4) is 11.5 Å². The van der Waals surface area contributed by atoms with Gasteiger partial charge >= 0.3 is 0 Å². The van der Waals surface area contributed by atoms with Crippen LogP contribution in [-0.4, -0.2) is 12.0 Å². The molecule has 118 valence electrons. The second kappa shape index (κ2) is 6.10. The minimum absolute atomic E-state index is 0.138. The summed E-state index contributed by atoms with van der Waals surface area (Å²) in [4.78, 5) is 11.0. The van der Waals surface area contributed by atoms with Crippen molar-refractivity contribution in [2.45, 2.75) is 6.10 Å². The van der Waals surface area contributed by atoms with Crippen LogP contribution in [0.3, 0.4) is 0 Å². The molecule has 0 bridgehead atoms. The molecule has 3 rings (SSSR count). The molecule has 1 heterocycles. The van der Waals surface area contributed by atoms with Crippen LogP contribution in [0.4, 0.5) is 0 Å². The third-order valence-corrected chi connectivity index (χ3v) is 4.17. The molecule has 0 aliphatic carbocycles. The highest BCUT2D eigenvalue weighted by atomic mass is 35.5. The Morgan fingerprint density at radius 3 is 2.43 bits per heavy atom. The van der Waals surface area contributed by atoms with E-state index >= 15 is 0 Å². The summed E-state index contributed by atoms with van der Waals surface area (Å²) in [6.45, 7) is 0. The molecule has 0 radical (unpaired) electrons. The van der Waals surface area contributed by atoms with Crippen molar-refractivity contribution >= 4 is 29.3 Å². The normalized spacial score (nSPS) is 16.1. The van der Waals surface area contributed by atoms with Gasteiger partial charge in [-0.3, -0.25) is 10.1 Å². The molecule has 1 aliphatic heterocycles. The number of nitro groups is 1. The van der Waals surface area contributed by atoms with Gasteiger partial charge in [-0.25, -0.2) is 0 Å². The van der Waals surface area contributed by atoms with Gasteiger partial charge in [0.1, 0.15) is 0 Å². The third kappa shape index (κ3) is 2.73. The Hall–Kier alpha value is -2.24. The second-order valence-corrected chi connectivity index (χ2v) is 5.65. The molecule has 0 aromatic heterocycles. The number of para-hydroxylation sites is 1. The van der Waals surface area contributed by atoms with Crippen molar-refractivity contribution < 1.29 is 14.4 Å². The van der Waals surface area contributed by atoms with Gasteiger partial charge in [0.25, 0.3) is 5.70 Å². The van der Waals surface area contributed by atoms with E-state index in [9.17, 15) is 10.1 Å². The van der Waals surface area contributed by atoms with E-state index in [1.807, 2.05) is 0 Å². The molecule has 0 saturated heterocycles. The summed E-state index contributed by atoms with van der Waals surface area (Å²) < 4.78 is 11.1. The van der Waals surface area contributed by atoms with Gasteiger partial charge in [0, 0.05) is 27.2 Å². The monoisotopic (exact) mass is 351 g/mol. The average Bonchev–Trinajstić information content (AvgIpc) is 2.53. The van der Waals surface area contributed by atoms with Crippen molar-refractivity contribution in [1.82, 2.24) is 0 Å². The highest BCUT2D eigenvalue weighted by Gasteiger charge is 2.37. The fourth-order valence-corrected chi connectivity index (χ4v) is 3.06. The van der Waals surface area contributed by atoms with E-state index in [1.54, 1.807) is 36.4 Å². The molecule has 1 atom stereocenters. The largest absolute Gasteiger partial charge is 0.493 e. The second-order valence-electron chi connectivity index (χ2n) is 4.84. The molecule has 0 fully saturated rings. The zero-order valence-electron chi connectivity index (χ0n) is 12.0. The Balaban J connectivity index is 2.20. The van der Waals surface area contributed by atoms with Crippen LogP contribution < -0.4 is 9.47 Å². The first-order chi connectivity index (χ1) is 11.0. The van der Waals surface area contributed by atoms with Crippen LogP contribution >= 0.6 is 23.2 Å². The van der Waals surface area contributed by atoms with Crippen LogP contribution in [-0.2, 0) is 0 Å². The lowest BCUT2D eigenvalue weighted by molar-refractivity contribution is -0.434. The lowest BCUT2D eigenvalue weighted by atomic mass is 10.0. The number of fused-ring (bicyclic) bond motifs is 1. The lowest BCUT2D eigenvalue weighted by Crippen LogP contribution is -2.20. The third-order valence-electron chi connectivity index (χ3n) is 3.51. The van der Waals surface area contributed by atoms with Crippen LogP contribution in [0.25, 0.3) is 6.08 Å². The summed E-state index contributed by atoms with van der Waals surface area (Å²) in [5.41, 5.74) is 0.784. The van der Waals surface area contributed by atoms with Gasteiger partial charge in [-0.1, -0.05) is 41.4 Å². The van der Waals surface area contributed by atoms with Gasteiger partial charge in [0.2, 0.25) is 6.10 Å². The first-order valence-corrected chi connectivity index (χ1v) is 7.42. The Bertz CT molecular complexity index is 799. The highest BCUT2D eigenvalue weighted by Crippen LogP contribution is 2.45. The maximum Gasteiger partial charge on any atom is 0.291 e. The summed E-state index contributed by atoms with van der Waals surface area (Å²) in [6, 6.07) is 10.1. The maximum absolute atomic E-state index is 11.5. The van der Waals surface area contributed by atoms with Crippen molar-refractivity contribution in [1.29, 1.82) is 0 Å². The van der Waals surface area contributed by atoms with Crippen molar-refractivity contribution in [3.63, 3.8) is 0 Å². The lowest BCUT2D eigenvalue weighted by Gasteiger charge is -2.25. The summed E-state index contributed by atoms with van der Waals surface area (Å²) >= 11 is 12.4. The molecular formula is C16H11Cl2NO4. The molecule has 0 amide bonds. The Kier molecular flexibility index (Phi) is 4.15. The summed E-state index contributed by atoms with van der Waals surface area (Å²) in [6.07, 6.45) is 0.432. The number of rotatable bonds is 3. The summed E-state index contributed by atoms with van der Waals surface area (Å²) in [5, 5.41) is 12.1. The zero-order valence-corrected chi connectivity index (χ0v) is 13.5. The van der Waals surface area contributed by atoms with Crippen molar-refractivity contribution in [2.24, 2.45) is 0 Å². The average molecular weight is 352 g/mol. The molecule has 0 saturated carbocycles. The van der Waals surface area contributed by atoms with Crippen LogP contribution in [0.2, 0.25) is 10.0 Å². The quantitative estimate of drug-likeness (QED) is 0.591. The smallest absolute Gasteiger partial charge is 0.291 e. The molecule has 2 aromatic carbocycles. The number of hydrogen-bond acceptors (Lipinski definition) is 4. The predicted molar refractivity (Wildman–Crippen MR) is 87.8 cm³/mol. The van der Waals surface area contributed by atoms with E-state index in [2.05, 4.69) is 0 Å². The Morgan fingerprint density at radius 1 is 1.17 bits per heavy atom. The van der Waals surface area contributed by atoms with Crippen LogP contribution in [0.5, 0.6) is 11.5 Å². The zero-order chi connectivity index (χ0) is 16.6. The van der Waals surface area contributed by atoms with Crippen molar-refractivity contribution in [3.05, 3.63) is 73.4 Å². The van der Waals surface area contributed by atoms with Gasteiger partial charge in [-0.05, 0) is 18.2 Å². The molecule has 0 N–H and O–H groups in total. The molecular weight excluding hydrogens is 341 g/mol. The Morgan fingerprint density at radius 2 is 1.83 bits per heavy atom. The predicted octanol–water partition coefficient (Wildman–Crippen LogP) is 4.75. The standard InChI is InChI=1S/C16H11Cl2NO4/c1-22-13-7-2-4-9-8-12(19(20)21)16(23-15(9)13)14-10(17)5-3-6-11(14)18/h2-8,16H,1H3. The summed E-state index contributed by atoms with van der Waals surface area (Å²) in [5.74, 6) is 0.899. The molecule has 2 aromatic rings. The number of nitrogens with zero attached hydrogens (tertiary/aromatic N) is 1. The van der Waals surface area contributed by atoms with E-state index in [-0.39, 0.29) is 5.70 Å². The summed E-state index contributed by atoms with van der Waals surface area (Å²) in [7, 11) is 1.50. The fourth-order valence-electron chi connectivity index (χ4n) is 2.46. The van der Waals surface area contributed by atoms with E-state index < -0.39 is 11.0 Å². The van der Waals surface area contributed by atoms with Crippen LogP contribution in [0.1, 0.15) is 17.2 Å². The first-order valence-electron chi connectivity index (χ1n) is 6.66. The van der Waals surface area contributed by atoms with Crippen LogP contribution in [0.15, 0.2) is 42.1 Å². The topological polar surface area (TPSA) is 61.6 Å².